The monoisotopic (exact) mass is 533 g/mol. The van der Waals surface area contributed by atoms with Crippen molar-refractivity contribution in [3.8, 4) is 0 Å². The zero-order chi connectivity index (χ0) is 26.7. The molecule has 0 saturated carbocycles. The van der Waals surface area contributed by atoms with E-state index in [1.54, 1.807) is 18.3 Å². The molecule has 6 rings (SSSR count). The molecule has 0 saturated heterocycles. The van der Waals surface area contributed by atoms with Crippen LogP contribution < -0.4 is 15.4 Å². The van der Waals surface area contributed by atoms with E-state index in [4.69, 9.17) is 4.98 Å². The van der Waals surface area contributed by atoms with Gasteiger partial charge in [-0.2, -0.15) is 0 Å². The molecule has 0 spiro atoms. The number of sulfonamides is 1. The number of benzene rings is 4. The first-order chi connectivity index (χ1) is 19.1. The van der Waals surface area contributed by atoms with Crippen molar-refractivity contribution >= 4 is 65.5 Å². The van der Waals surface area contributed by atoms with Crippen LogP contribution in [0.2, 0.25) is 0 Å². The highest BCUT2D eigenvalue weighted by Gasteiger charge is 2.12. The summed E-state index contributed by atoms with van der Waals surface area (Å²) in [6.45, 7) is 0.533. The van der Waals surface area contributed by atoms with Gasteiger partial charge in [0.25, 0.3) is 0 Å². The average Bonchev–Trinajstić information content (AvgIpc) is 2.96. The number of para-hydroxylation sites is 3. The fraction of sp³-hybridized carbons (Fsp3) is 0.0968. The Morgan fingerprint density at radius 1 is 0.641 bits per heavy atom. The van der Waals surface area contributed by atoms with Crippen molar-refractivity contribution in [2.45, 2.75) is 6.42 Å². The molecule has 0 radical (unpaired) electrons. The third kappa shape index (κ3) is 5.46. The van der Waals surface area contributed by atoms with Crippen molar-refractivity contribution in [3.63, 3.8) is 0 Å². The van der Waals surface area contributed by atoms with Crippen LogP contribution in [0.15, 0.2) is 109 Å². The van der Waals surface area contributed by atoms with Gasteiger partial charge in [-0.3, -0.25) is 9.71 Å². The first-order valence-corrected chi connectivity index (χ1v) is 14.4. The minimum atomic E-state index is -3.49. The SMILES string of the molecule is O=S(=O)(CCCNc1ccnc2ccccc12)Nc1ccc(Nc2c3ccccc3nc3ccccc23)cc1. The number of rotatable bonds is 9. The standard InChI is InChI=1S/C31H27N5O2S/c37-39(38,21-7-19-32-28-18-20-33-27-11-4-1-8-24(27)28)36-23-16-14-22(15-17-23)34-31-25-9-2-5-12-29(25)35-30-13-6-3-10-26(30)31/h1-6,8-18,20,36H,7,19,21H2,(H,32,33)(H,34,35). The summed E-state index contributed by atoms with van der Waals surface area (Å²) < 4.78 is 28.1. The van der Waals surface area contributed by atoms with E-state index in [1.165, 1.54) is 0 Å². The van der Waals surface area contributed by atoms with Gasteiger partial charge < -0.3 is 10.6 Å². The largest absolute Gasteiger partial charge is 0.384 e. The first kappa shape index (κ1) is 24.6. The van der Waals surface area contributed by atoms with Crippen molar-refractivity contribution in [3.05, 3.63) is 109 Å². The first-order valence-electron chi connectivity index (χ1n) is 12.8. The molecule has 3 N–H and O–H groups in total. The molecule has 0 fully saturated rings. The fourth-order valence-electron chi connectivity index (χ4n) is 4.71. The quantitative estimate of drug-likeness (QED) is 0.138. The molecular weight excluding hydrogens is 506 g/mol. The minimum absolute atomic E-state index is 0.0119. The number of nitrogens with one attached hydrogen (secondary N) is 3. The molecule has 0 amide bonds. The summed E-state index contributed by atoms with van der Waals surface area (Å²) >= 11 is 0. The second-order valence-corrected chi connectivity index (χ2v) is 11.1. The molecule has 8 heteroatoms. The molecule has 39 heavy (non-hydrogen) atoms. The van der Waals surface area contributed by atoms with Crippen LogP contribution in [-0.4, -0.2) is 30.7 Å². The van der Waals surface area contributed by atoms with Gasteiger partial charge in [0.2, 0.25) is 10.0 Å². The normalized spacial score (nSPS) is 11.6. The predicted octanol–water partition coefficient (Wildman–Crippen LogP) is 6.92. The zero-order valence-electron chi connectivity index (χ0n) is 21.1. The number of hydrogen-bond acceptors (Lipinski definition) is 6. The van der Waals surface area contributed by atoms with E-state index >= 15 is 0 Å². The maximum Gasteiger partial charge on any atom is 0.232 e. The van der Waals surface area contributed by atoms with Crippen LogP contribution in [0.3, 0.4) is 0 Å². The number of aromatic nitrogens is 2. The molecule has 2 heterocycles. The van der Waals surface area contributed by atoms with Crippen LogP contribution in [0, 0.1) is 0 Å². The number of fused-ring (bicyclic) bond motifs is 3. The molecule has 0 aliphatic heterocycles. The van der Waals surface area contributed by atoms with Crippen LogP contribution in [0.1, 0.15) is 6.42 Å². The van der Waals surface area contributed by atoms with Crippen LogP contribution in [0.25, 0.3) is 32.7 Å². The lowest BCUT2D eigenvalue weighted by Gasteiger charge is -2.14. The summed E-state index contributed by atoms with van der Waals surface area (Å²) in [7, 11) is -3.49. The van der Waals surface area contributed by atoms with Gasteiger partial charge in [-0.25, -0.2) is 13.4 Å². The Hall–Kier alpha value is -4.69. The molecule has 2 aromatic heterocycles. The Bertz CT molecular complexity index is 1830. The molecule has 4 aromatic carbocycles. The van der Waals surface area contributed by atoms with E-state index in [0.29, 0.717) is 18.7 Å². The predicted molar refractivity (Wildman–Crippen MR) is 161 cm³/mol. The van der Waals surface area contributed by atoms with E-state index in [1.807, 2.05) is 91.0 Å². The van der Waals surface area contributed by atoms with Gasteiger partial charge in [-0.05, 0) is 55.0 Å². The van der Waals surface area contributed by atoms with Gasteiger partial charge in [-0.15, -0.1) is 0 Å². The Kier molecular flexibility index (Phi) is 6.69. The minimum Gasteiger partial charge on any atom is -0.384 e. The molecule has 194 valence electrons. The maximum absolute atomic E-state index is 12.7. The van der Waals surface area contributed by atoms with Gasteiger partial charge in [0, 0.05) is 46.0 Å². The molecule has 0 aliphatic carbocycles. The number of hydrogen-bond donors (Lipinski definition) is 3. The molecule has 0 bridgehead atoms. The summed E-state index contributed by atoms with van der Waals surface area (Å²) in [6, 6.07) is 33.1. The molecule has 6 aromatic rings. The van der Waals surface area contributed by atoms with Gasteiger partial charge in [-0.1, -0.05) is 54.6 Å². The summed E-state index contributed by atoms with van der Waals surface area (Å²) in [5.41, 5.74) is 6.03. The Labute approximate surface area is 227 Å². The van der Waals surface area contributed by atoms with Crippen molar-refractivity contribution in [1.29, 1.82) is 0 Å². The molecule has 0 atom stereocenters. The fourth-order valence-corrected chi connectivity index (χ4v) is 5.83. The lowest BCUT2D eigenvalue weighted by Crippen LogP contribution is -2.19. The maximum atomic E-state index is 12.7. The summed E-state index contributed by atoms with van der Waals surface area (Å²) in [4.78, 5) is 9.13. The summed E-state index contributed by atoms with van der Waals surface area (Å²) in [5, 5.41) is 9.92. The van der Waals surface area contributed by atoms with Gasteiger partial charge in [0.15, 0.2) is 0 Å². The second kappa shape index (κ2) is 10.6. The zero-order valence-corrected chi connectivity index (χ0v) is 21.9. The Morgan fingerprint density at radius 3 is 1.92 bits per heavy atom. The van der Waals surface area contributed by atoms with Crippen LogP contribution in [0.4, 0.5) is 22.7 Å². The van der Waals surface area contributed by atoms with Crippen molar-refractivity contribution in [2.75, 3.05) is 27.7 Å². The number of pyridine rings is 2. The van der Waals surface area contributed by atoms with Crippen LogP contribution in [0.5, 0.6) is 0 Å². The third-order valence-corrected chi connectivity index (χ3v) is 7.94. The average molecular weight is 534 g/mol. The van der Waals surface area contributed by atoms with Gasteiger partial charge in [0.1, 0.15) is 0 Å². The summed E-state index contributed by atoms with van der Waals surface area (Å²) in [6.07, 6.45) is 2.22. The van der Waals surface area contributed by atoms with Crippen molar-refractivity contribution in [2.24, 2.45) is 0 Å². The smallest absolute Gasteiger partial charge is 0.232 e. The van der Waals surface area contributed by atoms with Gasteiger partial charge in [0.05, 0.1) is 28.0 Å². The lowest BCUT2D eigenvalue weighted by atomic mass is 10.1. The highest BCUT2D eigenvalue weighted by Crippen LogP contribution is 2.33. The molecule has 0 aliphatic rings. The van der Waals surface area contributed by atoms with E-state index in [2.05, 4.69) is 20.3 Å². The second-order valence-electron chi connectivity index (χ2n) is 9.30. The van der Waals surface area contributed by atoms with Crippen molar-refractivity contribution in [1.82, 2.24) is 9.97 Å². The number of nitrogens with zero attached hydrogens (tertiary/aromatic N) is 2. The number of anilines is 4. The van der Waals surface area contributed by atoms with E-state index in [-0.39, 0.29) is 5.75 Å². The molecular formula is C31H27N5O2S. The summed E-state index contributed by atoms with van der Waals surface area (Å²) in [5.74, 6) is 0.0119. The highest BCUT2D eigenvalue weighted by atomic mass is 32.2. The van der Waals surface area contributed by atoms with Crippen molar-refractivity contribution < 1.29 is 8.42 Å². The molecule has 0 unspecified atom stereocenters. The lowest BCUT2D eigenvalue weighted by molar-refractivity contribution is 0.599. The third-order valence-electron chi connectivity index (χ3n) is 6.57. The van der Waals surface area contributed by atoms with Gasteiger partial charge >= 0.3 is 0 Å². The Balaban J connectivity index is 1.10. The van der Waals surface area contributed by atoms with Crippen LogP contribution in [-0.2, 0) is 10.0 Å². The molecule has 7 nitrogen and oxygen atoms in total. The van der Waals surface area contributed by atoms with Crippen LogP contribution >= 0.6 is 0 Å². The topological polar surface area (TPSA) is 96.0 Å². The van der Waals surface area contributed by atoms with E-state index in [0.717, 1.165) is 49.8 Å². The van der Waals surface area contributed by atoms with E-state index in [9.17, 15) is 8.42 Å². The highest BCUT2D eigenvalue weighted by molar-refractivity contribution is 7.92. The van der Waals surface area contributed by atoms with E-state index < -0.39 is 10.0 Å². The Morgan fingerprint density at radius 2 is 1.23 bits per heavy atom.